The molecule has 4 heteroatoms. The van der Waals surface area contributed by atoms with Gasteiger partial charge in [0.2, 0.25) is 0 Å². The molecule has 1 aromatic rings. The van der Waals surface area contributed by atoms with Crippen molar-refractivity contribution in [2.45, 2.75) is 58.5 Å². The second kappa shape index (κ2) is 8.49. The van der Waals surface area contributed by atoms with E-state index in [1.54, 1.807) is 6.92 Å². The molecule has 1 aliphatic rings. The van der Waals surface area contributed by atoms with Crippen molar-refractivity contribution in [1.29, 1.82) is 5.26 Å². The van der Waals surface area contributed by atoms with Crippen molar-refractivity contribution >= 4 is 5.97 Å². The molecule has 136 valence electrons. The van der Waals surface area contributed by atoms with Gasteiger partial charge in [0.15, 0.2) is 5.92 Å². The minimum Gasteiger partial charge on any atom is -0.465 e. The molecule has 1 saturated heterocycles. The van der Waals surface area contributed by atoms with Crippen molar-refractivity contribution in [3.05, 3.63) is 35.4 Å². The molecular weight excluding hydrogens is 314 g/mol. The summed E-state index contributed by atoms with van der Waals surface area (Å²) in [5, 5.41) is 9.75. The van der Waals surface area contributed by atoms with Crippen LogP contribution in [-0.2, 0) is 14.3 Å². The third kappa shape index (κ3) is 4.61. The Labute approximate surface area is 151 Å². The number of benzene rings is 1. The first-order chi connectivity index (χ1) is 11.9. The standard InChI is InChI=1S/C21H29NO3/c1-5-21(4)13-17(11-12-25-21)19(16-9-7-15(3)8-10-16)18(14-22)20(23)24-6-2/h7-10,17-19H,5-6,11-13H2,1-4H3/t17-,18-,19+,21+/m1/s1. The molecule has 4 nitrogen and oxygen atoms in total. The predicted octanol–water partition coefficient (Wildman–Crippen LogP) is 4.38. The lowest BCUT2D eigenvalue weighted by molar-refractivity contribution is -0.148. The lowest BCUT2D eigenvalue weighted by Crippen LogP contribution is -2.40. The number of nitrogens with zero attached hydrogens (tertiary/aromatic N) is 1. The molecule has 0 unspecified atom stereocenters. The Balaban J connectivity index is 2.39. The second-order valence-corrected chi connectivity index (χ2v) is 7.20. The average Bonchev–Trinajstić information content (AvgIpc) is 2.61. The Morgan fingerprint density at radius 1 is 1.40 bits per heavy atom. The zero-order valence-corrected chi connectivity index (χ0v) is 15.7. The van der Waals surface area contributed by atoms with E-state index in [9.17, 15) is 10.1 Å². The molecule has 0 aliphatic carbocycles. The zero-order valence-electron chi connectivity index (χ0n) is 15.7. The van der Waals surface area contributed by atoms with E-state index in [0.29, 0.717) is 6.61 Å². The third-order valence-electron chi connectivity index (χ3n) is 5.39. The van der Waals surface area contributed by atoms with Gasteiger partial charge in [-0.2, -0.15) is 5.26 Å². The average molecular weight is 343 g/mol. The van der Waals surface area contributed by atoms with E-state index < -0.39 is 11.9 Å². The molecule has 0 saturated carbocycles. The van der Waals surface area contributed by atoms with Gasteiger partial charge in [-0.3, -0.25) is 4.79 Å². The summed E-state index contributed by atoms with van der Waals surface area (Å²) >= 11 is 0. The van der Waals surface area contributed by atoms with Crippen LogP contribution in [0.2, 0.25) is 0 Å². The minimum atomic E-state index is -0.785. The van der Waals surface area contributed by atoms with Crippen molar-refractivity contribution in [3.63, 3.8) is 0 Å². The van der Waals surface area contributed by atoms with Crippen molar-refractivity contribution in [2.24, 2.45) is 11.8 Å². The molecule has 0 N–H and O–H groups in total. The molecule has 25 heavy (non-hydrogen) atoms. The van der Waals surface area contributed by atoms with Gasteiger partial charge >= 0.3 is 5.97 Å². The highest BCUT2D eigenvalue weighted by Crippen LogP contribution is 2.43. The van der Waals surface area contributed by atoms with E-state index in [-0.39, 0.29) is 24.0 Å². The minimum absolute atomic E-state index is 0.167. The van der Waals surface area contributed by atoms with E-state index in [4.69, 9.17) is 9.47 Å². The molecule has 2 rings (SSSR count). The molecule has 1 aromatic carbocycles. The summed E-state index contributed by atoms with van der Waals surface area (Å²) in [6.45, 7) is 9.01. The summed E-state index contributed by atoms with van der Waals surface area (Å²) in [6.07, 6.45) is 2.62. The highest BCUT2D eigenvalue weighted by Gasteiger charge is 2.42. The largest absolute Gasteiger partial charge is 0.465 e. The Bertz CT molecular complexity index is 619. The third-order valence-corrected chi connectivity index (χ3v) is 5.39. The van der Waals surface area contributed by atoms with E-state index in [1.807, 2.05) is 31.2 Å². The molecule has 0 amide bonds. The number of rotatable bonds is 6. The number of carbonyl (C=O) groups is 1. The Morgan fingerprint density at radius 3 is 2.64 bits per heavy atom. The fraction of sp³-hybridized carbons (Fsp3) is 0.619. The number of aryl methyl sites for hydroxylation is 1. The van der Waals surface area contributed by atoms with Crippen molar-refractivity contribution in [1.82, 2.24) is 0 Å². The number of hydrogen-bond donors (Lipinski definition) is 0. The van der Waals surface area contributed by atoms with E-state index in [0.717, 1.165) is 30.4 Å². The van der Waals surface area contributed by atoms with Gasteiger partial charge < -0.3 is 9.47 Å². The van der Waals surface area contributed by atoms with Crippen molar-refractivity contribution in [2.75, 3.05) is 13.2 Å². The molecule has 0 bridgehead atoms. The normalized spacial score (nSPS) is 25.6. The summed E-state index contributed by atoms with van der Waals surface area (Å²) in [7, 11) is 0. The van der Waals surface area contributed by atoms with Crippen molar-refractivity contribution in [3.8, 4) is 6.07 Å². The maximum absolute atomic E-state index is 12.5. The van der Waals surface area contributed by atoms with Crippen LogP contribution in [0.4, 0.5) is 0 Å². The van der Waals surface area contributed by atoms with Gasteiger partial charge in [-0.25, -0.2) is 0 Å². The monoisotopic (exact) mass is 343 g/mol. The van der Waals surface area contributed by atoms with Crippen LogP contribution < -0.4 is 0 Å². The van der Waals surface area contributed by atoms with E-state index in [2.05, 4.69) is 19.9 Å². The molecule has 0 spiro atoms. The van der Waals surface area contributed by atoms with Gasteiger partial charge in [0, 0.05) is 12.5 Å². The molecule has 0 radical (unpaired) electrons. The number of carbonyl (C=O) groups excluding carboxylic acids is 1. The molecule has 1 fully saturated rings. The number of hydrogen-bond acceptors (Lipinski definition) is 4. The first-order valence-electron chi connectivity index (χ1n) is 9.21. The summed E-state index contributed by atoms with van der Waals surface area (Å²) in [6, 6.07) is 10.4. The van der Waals surface area contributed by atoms with Crippen LogP contribution in [0, 0.1) is 30.1 Å². The first-order valence-corrected chi connectivity index (χ1v) is 9.21. The quantitative estimate of drug-likeness (QED) is 0.719. The molecule has 1 heterocycles. The van der Waals surface area contributed by atoms with Gasteiger partial charge in [-0.15, -0.1) is 0 Å². The van der Waals surface area contributed by atoms with Crippen LogP contribution in [-0.4, -0.2) is 24.8 Å². The summed E-state index contributed by atoms with van der Waals surface area (Å²) in [5.41, 5.74) is 2.01. The van der Waals surface area contributed by atoms with Gasteiger partial charge in [0.05, 0.1) is 18.3 Å². The van der Waals surface area contributed by atoms with Crippen LogP contribution in [0.1, 0.15) is 57.1 Å². The summed E-state index contributed by atoms with van der Waals surface area (Å²) < 4.78 is 11.2. The maximum Gasteiger partial charge on any atom is 0.323 e. The fourth-order valence-corrected chi connectivity index (χ4v) is 3.76. The maximum atomic E-state index is 12.5. The Morgan fingerprint density at radius 2 is 2.08 bits per heavy atom. The van der Waals surface area contributed by atoms with Crippen LogP contribution in [0.25, 0.3) is 0 Å². The molecule has 1 aliphatic heterocycles. The topological polar surface area (TPSA) is 59.3 Å². The highest BCUT2D eigenvalue weighted by molar-refractivity contribution is 5.76. The Kier molecular flexibility index (Phi) is 6.61. The van der Waals surface area contributed by atoms with Crippen LogP contribution in [0.15, 0.2) is 24.3 Å². The summed E-state index contributed by atoms with van der Waals surface area (Å²) in [4.78, 5) is 12.5. The predicted molar refractivity (Wildman–Crippen MR) is 97.0 cm³/mol. The van der Waals surface area contributed by atoms with Gasteiger partial charge in [0.1, 0.15) is 0 Å². The summed E-state index contributed by atoms with van der Waals surface area (Å²) in [5.74, 6) is -1.15. The van der Waals surface area contributed by atoms with Gasteiger partial charge in [0.25, 0.3) is 0 Å². The number of esters is 1. The van der Waals surface area contributed by atoms with Gasteiger partial charge in [-0.1, -0.05) is 36.8 Å². The lowest BCUT2D eigenvalue weighted by atomic mass is 9.70. The van der Waals surface area contributed by atoms with E-state index >= 15 is 0 Å². The fourth-order valence-electron chi connectivity index (χ4n) is 3.76. The Hall–Kier alpha value is -1.86. The zero-order chi connectivity index (χ0) is 18.4. The van der Waals surface area contributed by atoms with Crippen molar-refractivity contribution < 1.29 is 14.3 Å². The second-order valence-electron chi connectivity index (χ2n) is 7.20. The van der Waals surface area contributed by atoms with Crippen LogP contribution >= 0.6 is 0 Å². The van der Waals surface area contributed by atoms with Crippen LogP contribution in [0.3, 0.4) is 0 Å². The smallest absolute Gasteiger partial charge is 0.323 e. The molecule has 0 aromatic heterocycles. The first kappa shape index (κ1) is 19.5. The highest BCUT2D eigenvalue weighted by atomic mass is 16.5. The molecular formula is C21H29NO3. The SMILES string of the molecule is CCOC(=O)[C@H](C#N)[C@@H](c1ccc(C)cc1)[C@@H]1CCO[C@@](C)(CC)C1. The lowest BCUT2D eigenvalue weighted by Gasteiger charge is -2.41. The van der Waals surface area contributed by atoms with Crippen LogP contribution in [0.5, 0.6) is 0 Å². The number of nitriles is 1. The molecule has 4 atom stereocenters. The van der Waals surface area contributed by atoms with Gasteiger partial charge in [-0.05, 0) is 51.5 Å². The van der Waals surface area contributed by atoms with E-state index in [1.165, 1.54) is 0 Å². The number of ether oxygens (including phenoxy) is 2.